The van der Waals surface area contributed by atoms with E-state index in [1.807, 2.05) is 13.8 Å². The second-order valence-corrected chi connectivity index (χ2v) is 7.23. The van der Waals surface area contributed by atoms with Crippen molar-refractivity contribution in [3.05, 3.63) is 28.3 Å². The van der Waals surface area contributed by atoms with Crippen molar-refractivity contribution in [3.63, 3.8) is 0 Å². The van der Waals surface area contributed by atoms with Gasteiger partial charge in [0.1, 0.15) is 0 Å². The zero-order valence-electron chi connectivity index (χ0n) is 13.0. The lowest BCUT2D eigenvalue weighted by atomic mass is 9.80. The number of hydrogen-bond donors (Lipinski definition) is 2. The first-order valence-electron chi connectivity index (χ1n) is 7.65. The van der Waals surface area contributed by atoms with Gasteiger partial charge in [0.05, 0.1) is 33.0 Å². The van der Waals surface area contributed by atoms with Gasteiger partial charge < -0.3 is 14.9 Å². The summed E-state index contributed by atoms with van der Waals surface area (Å²) in [6.45, 7) is 3.87. The van der Waals surface area contributed by atoms with Crippen LogP contribution in [0.2, 0.25) is 5.02 Å². The molecule has 0 aliphatic carbocycles. The van der Waals surface area contributed by atoms with Gasteiger partial charge in [0, 0.05) is 0 Å². The Bertz CT molecular complexity index is 987. The van der Waals surface area contributed by atoms with Crippen LogP contribution < -0.4 is 0 Å². The van der Waals surface area contributed by atoms with Crippen molar-refractivity contribution in [2.75, 3.05) is 0 Å². The molecule has 4 heterocycles. The molecule has 1 saturated heterocycles. The molecule has 7 nitrogen and oxygen atoms in total. The number of aromatic nitrogens is 3. The SMILES string of the molecule is CC12CC[C@](C)(O1)c1c2c(O)n(-c2ccc(Cl)c3nonc23)c1O. The summed E-state index contributed by atoms with van der Waals surface area (Å²) in [6, 6.07) is 3.29. The molecule has 2 bridgehead atoms. The summed E-state index contributed by atoms with van der Waals surface area (Å²) in [5.74, 6) is -0.111. The van der Waals surface area contributed by atoms with Gasteiger partial charge in [0.25, 0.3) is 0 Å². The first-order valence-corrected chi connectivity index (χ1v) is 8.02. The van der Waals surface area contributed by atoms with Gasteiger partial charge in [-0.25, -0.2) is 9.20 Å². The molecule has 24 heavy (non-hydrogen) atoms. The van der Waals surface area contributed by atoms with Crippen molar-refractivity contribution >= 4 is 22.6 Å². The van der Waals surface area contributed by atoms with Crippen molar-refractivity contribution in [2.45, 2.75) is 37.9 Å². The fourth-order valence-corrected chi connectivity index (χ4v) is 4.40. The van der Waals surface area contributed by atoms with Gasteiger partial charge in [-0.3, -0.25) is 0 Å². The third-order valence-electron chi connectivity index (χ3n) is 5.29. The molecule has 0 saturated carbocycles. The molecule has 1 fully saturated rings. The first-order chi connectivity index (χ1) is 11.4. The number of halogens is 1. The van der Waals surface area contributed by atoms with Gasteiger partial charge in [-0.1, -0.05) is 11.6 Å². The Hall–Kier alpha value is -2.25. The van der Waals surface area contributed by atoms with Crippen molar-refractivity contribution < 1.29 is 19.6 Å². The van der Waals surface area contributed by atoms with Crippen LogP contribution >= 0.6 is 11.6 Å². The lowest BCUT2D eigenvalue weighted by molar-refractivity contribution is -0.0683. The van der Waals surface area contributed by atoms with E-state index >= 15 is 0 Å². The number of hydrogen-bond acceptors (Lipinski definition) is 6. The number of aromatic hydroxyl groups is 2. The average molecular weight is 348 g/mol. The molecule has 8 heteroatoms. The van der Waals surface area contributed by atoms with Crippen LogP contribution in [-0.2, 0) is 15.9 Å². The monoisotopic (exact) mass is 347 g/mol. The summed E-state index contributed by atoms with van der Waals surface area (Å²) in [7, 11) is 0. The van der Waals surface area contributed by atoms with E-state index in [9.17, 15) is 10.2 Å². The minimum atomic E-state index is -0.607. The maximum absolute atomic E-state index is 10.9. The summed E-state index contributed by atoms with van der Waals surface area (Å²) >= 11 is 6.10. The summed E-state index contributed by atoms with van der Waals surface area (Å²) in [5, 5.41) is 29.8. The number of rotatable bonds is 1. The van der Waals surface area contributed by atoms with Crippen molar-refractivity contribution in [2.24, 2.45) is 0 Å². The van der Waals surface area contributed by atoms with Crippen molar-refractivity contribution in [3.8, 4) is 17.4 Å². The molecular formula is C16H14ClN3O4. The predicted molar refractivity (Wildman–Crippen MR) is 84.5 cm³/mol. The van der Waals surface area contributed by atoms with Crippen LogP contribution in [0.25, 0.3) is 16.7 Å². The Morgan fingerprint density at radius 2 is 1.62 bits per heavy atom. The van der Waals surface area contributed by atoms with Gasteiger partial charge in [0.2, 0.25) is 11.8 Å². The minimum Gasteiger partial charge on any atom is -0.494 e. The van der Waals surface area contributed by atoms with E-state index in [1.54, 1.807) is 12.1 Å². The maximum atomic E-state index is 10.9. The molecule has 1 unspecified atom stereocenters. The van der Waals surface area contributed by atoms with Crippen LogP contribution in [0.3, 0.4) is 0 Å². The Morgan fingerprint density at radius 1 is 1.04 bits per heavy atom. The fraction of sp³-hybridized carbons (Fsp3) is 0.375. The van der Waals surface area contributed by atoms with Gasteiger partial charge in [-0.2, -0.15) is 0 Å². The highest BCUT2D eigenvalue weighted by Gasteiger charge is 2.59. The Morgan fingerprint density at radius 3 is 2.25 bits per heavy atom. The highest BCUT2D eigenvalue weighted by atomic mass is 35.5. The van der Waals surface area contributed by atoms with Gasteiger partial charge in [0.15, 0.2) is 11.0 Å². The standard InChI is InChI=1S/C16H14ClN3O4/c1-15-5-6-16(2,23-15)10-9(15)13(21)20(14(10)22)8-4-3-7(17)11-12(8)19-24-18-11/h3-4,21-22H,5-6H2,1-2H3/t15-,16?/m0/s1. The summed E-state index contributed by atoms with van der Waals surface area (Å²) < 4.78 is 12.2. The minimum absolute atomic E-state index is 0.0555. The Balaban J connectivity index is 1.86. The number of benzene rings is 1. The second-order valence-electron chi connectivity index (χ2n) is 6.82. The van der Waals surface area contributed by atoms with E-state index < -0.39 is 11.2 Å². The summed E-state index contributed by atoms with van der Waals surface area (Å²) in [4.78, 5) is 0. The van der Waals surface area contributed by atoms with Gasteiger partial charge in [-0.15, -0.1) is 0 Å². The predicted octanol–water partition coefficient (Wildman–Crippen LogP) is 3.33. The smallest absolute Gasteiger partial charge is 0.205 e. The molecule has 124 valence electrons. The van der Waals surface area contributed by atoms with Crippen LogP contribution in [-0.4, -0.2) is 25.1 Å². The lowest BCUT2D eigenvalue weighted by Crippen LogP contribution is -2.17. The zero-order valence-corrected chi connectivity index (χ0v) is 13.8. The molecular weight excluding hydrogens is 334 g/mol. The lowest BCUT2D eigenvalue weighted by Gasteiger charge is -2.21. The molecule has 2 aliphatic rings. The van der Waals surface area contributed by atoms with Crippen LogP contribution in [0.4, 0.5) is 0 Å². The molecule has 2 N–H and O–H groups in total. The zero-order chi connectivity index (χ0) is 16.9. The van der Waals surface area contributed by atoms with Crippen molar-refractivity contribution in [1.29, 1.82) is 0 Å². The first kappa shape index (κ1) is 14.1. The van der Waals surface area contributed by atoms with Gasteiger partial charge >= 0.3 is 0 Å². The number of fused-ring (bicyclic) bond motifs is 6. The van der Waals surface area contributed by atoms with Crippen molar-refractivity contribution in [1.82, 2.24) is 14.9 Å². The summed E-state index contributed by atoms with van der Waals surface area (Å²) in [5.41, 5.74) is 1.24. The molecule has 1 aromatic carbocycles. The molecule has 5 rings (SSSR count). The summed E-state index contributed by atoms with van der Waals surface area (Å²) in [6.07, 6.45) is 1.57. The third kappa shape index (κ3) is 1.43. The van der Waals surface area contributed by atoms with Crippen LogP contribution in [0.5, 0.6) is 11.8 Å². The number of ether oxygens (including phenoxy) is 1. The quantitative estimate of drug-likeness (QED) is 0.701. The van der Waals surface area contributed by atoms with Crippen LogP contribution in [0.1, 0.15) is 37.8 Å². The molecule has 0 spiro atoms. The van der Waals surface area contributed by atoms with Gasteiger partial charge in [-0.05, 0) is 49.1 Å². The highest BCUT2D eigenvalue weighted by Crippen LogP contribution is 2.64. The molecule has 2 aliphatic heterocycles. The topological polar surface area (TPSA) is 93.5 Å². The van der Waals surface area contributed by atoms with Crippen LogP contribution in [0, 0.1) is 0 Å². The van der Waals surface area contributed by atoms with E-state index in [0.717, 1.165) is 12.8 Å². The molecule has 0 radical (unpaired) electrons. The number of nitrogens with zero attached hydrogens (tertiary/aromatic N) is 3. The Labute approximate surface area is 141 Å². The average Bonchev–Trinajstić information content (AvgIpc) is 3.23. The van der Waals surface area contributed by atoms with Crippen LogP contribution in [0.15, 0.2) is 16.8 Å². The van der Waals surface area contributed by atoms with E-state index in [4.69, 9.17) is 21.0 Å². The third-order valence-corrected chi connectivity index (χ3v) is 5.60. The molecule has 3 aromatic rings. The Kier molecular flexibility index (Phi) is 2.38. The normalized spacial score (nSPS) is 28.0. The van der Waals surface area contributed by atoms with E-state index in [-0.39, 0.29) is 11.8 Å². The largest absolute Gasteiger partial charge is 0.494 e. The molecule has 0 amide bonds. The maximum Gasteiger partial charge on any atom is 0.205 e. The van der Waals surface area contributed by atoms with E-state index in [0.29, 0.717) is 32.9 Å². The van der Waals surface area contributed by atoms with E-state index in [1.165, 1.54) is 4.57 Å². The highest BCUT2D eigenvalue weighted by molar-refractivity contribution is 6.35. The molecule has 2 aromatic heterocycles. The fourth-order valence-electron chi connectivity index (χ4n) is 4.21. The second kappa shape index (κ2) is 4.04. The molecule has 2 atom stereocenters. The van der Waals surface area contributed by atoms with E-state index in [2.05, 4.69) is 10.3 Å².